The average Bonchev–Trinajstić information content (AvgIpc) is 3.42. The molecule has 0 unspecified atom stereocenters. The fraction of sp³-hybridized carbons (Fsp3) is 0.304. The maximum atomic E-state index is 12.6. The van der Waals surface area contributed by atoms with Crippen LogP contribution in [-0.2, 0) is 29.7 Å². The number of hydrogen-bond acceptors (Lipinski definition) is 5. The molecule has 1 fully saturated rings. The standard InChI is InChI=1S/C23H25N5O4/c1-26-14-21(29)28(23(26)31)13-15-2-3-20-18(9-15)19(22(30)25-20)10-17-8-16(11-24-17)12-27-4-6-32-7-5-27/h2-3,8-11,14,24,29H,4-7,12-13H2,1H3,(H,25,30). The molecular weight excluding hydrogens is 410 g/mol. The molecule has 0 bridgehead atoms. The Labute approximate surface area is 184 Å². The van der Waals surface area contributed by atoms with Gasteiger partial charge < -0.3 is 20.1 Å². The Kier molecular flexibility index (Phi) is 5.20. The number of aryl methyl sites for hydroxylation is 1. The second-order valence-electron chi connectivity index (χ2n) is 8.21. The minimum Gasteiger partial charge on any atom is -0.493 e. The third-order valence-electron chi connectivity index (χ3n) is 5.90. The highest BCUT2D eigenvalue weighted by Crippen LogP contribution is 2.34. The van der Waals surface area contributed by atoms with Gasteiger partial charge in [-0.3, -0.25) is 18.8 Å². The van der Waals surface area contributed by atoms with Crippen LogP contribution in [0.25, 0.3) is 11.6 Å². The van der Waals surface area contributed by atoms with Gasteiger partial charge in [0.2, 0.25) is 5.88 Å². The third kappa shape index (κ3) is 3.88. The molecule has 1 aromatic carbocycles. The number of ether oxygens (including phenoxy) is 1. The van der Waals surface area contributed by atoms with Crippen LogP contribution in [0, 0.1) is 0 Å². The van der Waals surface area contributed by atoms with Gasteiger partial charge in [0.15, 0.2) is 0 Å². The van der Waals surface area contributed by atoms with Gasteiger partial charge in [0.25, 0.3) is 5.91 Å². The Morgan fingerprint density at radius 3 is 2.69 bits per heavy atom. The lowest BCUT2D eigenvalue weighted by Gasteiger charge is -2.25. The number of aromatic hydroxyl groups is 1. The fourth-order valence-electron chi connectivity index (χ4n) is 4.20. The molecule has 9 heteroatoms. The van der Waals surface area contributed by atoms with Crippen molar-refractivity contribution in [3.05, 3.63) is 69.5 Å². The molecule has 0 aliphatic carbocycles. The molecule has 9 nitrogen and oxygen atoms in total. The Hall–Kier alpha value is -3.56. The molecule has 0 spiro atoms. The first-order chi connectivity index (χ1) is 15.5. The van der Waals surface area contributed by atoms with Gasteiger partial charge in [-0.25, -0.2) is 4.79 Å². The summed E-state index contributed by atoms with van der Waals surface area (Å²) in [4.78, 5) is 30.4. The van der Waals surface area contributed by atoms with E-state index in [9.17, 15) is 14.7 Å². The molecule has 32 heavy (non-hydrogen) atoms. The van der Waals surface area contributed by atoms with Crippen molar-refractivity contribution in [1.82, 2.24) is 19.0 Å². The summed E-state index contributed by atoms with van der Waals surface area (Å²) in [7, 11) is 1.59. The highest BCUT2D eigenvalue weighted by Gasteiger charge is 2.25. The van der Waals surface area contributed by atoms with Gasteiger partial charge in [-0.15, -0.1) is 0 Å². The molecular formula is C23H25N5O4. The van der Waals surface area contributed by atoms with Crippen molar-refractivity contribution in [3.63, 3.8) is 0 Å². The number of aromatic amines is 1. The number of fused-ring (bicyclic) bond motifs is 1. The number of carbonyl (C=O) groups is 1. The summed E-state index contributed by atoms with van der Waals surface area (Å²) in [5.74, 6) is -0.261. The summed E-state index contributed by atoms with van der Waals surface area (Å²) in [5, 5.41) is 12.9. The lowest BCUT2D eigenvalue weighted by molar-refractivity contribution is -0.110. The minimum absolute atomic E-state index is 0.0952. The predicted molar refractivity (Wildman–Crippen MR) is 120 cm³/mol. The maximum Gasteiger partial charge on any atom is 0.331 e. The van der Waals surface area contributed by atoms with E-state index < -0.39 is 0 Å². The van der Waals surface area contributed by atoms with Crippen LogP contribution in [0.15, 0.2) is 41.5 Å². The molecule has 2 aromatic heterocycles. The molecule has 2 aliphatic rings. The number of rotatable bonds is 5. The van der Waals surface area contributed by atoms with Crippen molar-refractivity contribution in [2.75, 3.05) is 31.6 Å². The normalized spacial score (nSPS) is 17.7. The van der Waals surface area contributed by atoms with Gasteiger partial charge >= 0.3 is 5.69 Å². The van der Waals surface area contributed by atoms with Gasteiger partial charge in [-0.05, 0) is 35.4 Å². The van der Waals surface area contributed by atoms with Crippen molar-refractivity contribution in [1.29, 1.82) is 0 Å². The van der Waals surface area contributed by atoms with E-state index in [-0.39, 0.29) is 24.0 Å². The van der Waals surface area contributed by atoms with E-state index in [0.29, 0.717) is 5.57 Å². The molecule has 4 heterocycles. The van der Waals surface area contributed by atoms with Crippen molar-refractivity contribution >= 4 is 23.2 Å². The SMILES string of the molecule is Cn1cc(O)n(Cc2ccc3c(c2)C(=Cc2cc(CN4CCOCC4)c[nH]2)C(=O)N3)c1=O. The number of nitrogens with zero attached hydrogens (tertiary/aromatic N) is 3. The number of imidazole rings is 1. The molecule has 166 valence electrons. The molecule has 5 rings (SSSR count). The minimum atomic E-state index is -0.299. The van der Waals surface area contributed by atoms with Gasteiger partial charge in [-0.2, -0.15) is 0 Å². The molecule has 2 aliphatic heterocycles. The van der Waals surface area contributed by atoms with Crippen molar-refractivity contribution < 1.29 is 14.6 Å². The van der Waals surface area contributed by atoms with E-state index in [1.165, 1.54) is 15.3 Å². The molecule has 1 saturated heterocycles. The average molecular weight is 435 g/mol. The molecule has 1 amide bonds. The first-order valence-electron chi connectivity index (χ1n) is 10.6. The number of morpholine rings is 1. The number of aromatic nitrogens is 3. The number of amides is 1. The van der Waals surface area contributed by atoms with Crippen LogP contribution in [0.5, 0.6) is 5.88 Å². The van der Waals surface area contributed by atoms with E-state index in [1.54, 1.807) is 7.05 Å². The zero-order chi connectivity index (χ0) is 22.2. The topological polar surface area (TPSA) is 105 Å². The molecule has 0 radical (unpaired) electrons. The molecule has 3 N–H and O–H groups in total. The largest absolute Gasteiger partial charge is 0.493 e. The van der Waals surface area contributed by atoms with Crippen LogP contribution in [0.1, 0.15) is 22.4 Å². The van der Waals surface area contributed by atoms with Crippen LogP contribution in [-0.4, -0.2) is 56.3 Å². The zero-order valence-electron chi connectivity index (χ0n) is 17.8. The lowest BCUT2D eigenvalue weighted by Crippen LogP contribution is -2.35. The number of hydrogen-bond donors (Lipinski definition) is 3. The van der Waals surface area contributed by atoms with Crippen LogP contribution < -0.4 is 11.0 Å². The van der Waals surface area contributed by atoms with Crippen LogP contribution in [0.3, 0.4) is 0 Å². The maximum absolute atomic E-state index is 12.6. The summed E-state index contributed by atoms with van der Waals surface area (Å²) < 4.78 is 8.02. The molecule has 0 saturated carbocycles. The smallest absolute Gasteiger partial charge is 0.331 e. The molecule has 0 atom stereocenters. The predicted octanol–water partition coefficient (Wildman–Crippen LogP) is 1.59. The lowest BCUT2D eigenvalue weighted by atomic mass is 10.0. The van der Waals surface area contributed by atoms with E-state index in [2.05, 4.69) is 21.3 Å². The Bertz CT molecular complexity index is 1260. The second-order valence-corrected chi connectivity index (χ2v) is 8.21. The van der Waals surface area contributed by atoms with Crippen molar-refractivity contribution in [2.24, 2.45) is 7.05 Å². The highest BCUT2D eigenvalue weighted by atomic mass is 16.5. The van der Waals surface area contributed by atoms with Crippen LogP contribution >= 0.6 is 0 Å². The Morgan fingerprint density at radius 2 is 1.94 bits per heavy atom. The number of benzene rings is 1. The Balaban J connectivity index is 1.39. The number of H-pyrrole nitrogens is 1. The summed E-state index contributed by atoms with van der Waals surface area (Å²) >= 11 is 0. The summed E-state index contributed by atoms with van der Waals surface area (Å²) in [6.45, 7) is 4.40. The van der Waals surface area contributed by atoms with Gasteiger partial charge in [0.1, 0.15) is 0 Å². The first-order valence-corrected chi connectivity index (χ1v) is 10.6. The quantitative estimate of drug-likeness (QED) is 0.528. The van der Waals surface area contributed by atoms with Crippen LogP contribution in [0.4, 0.5) is 5.69 Å². The zero-order valence-corrected chi connectivity index (χ0v) is 17.8. The second kappa shape index (κ2) is 8.18. The number of anilines is 1. The summed E-state index contributed by atoms with van der Waals surface area (Å²) in [6.07, 6.45) is 5.20. The highest BCUT2D eigenvalue weighted by molar-refractivity contribution is 6.34. The molecule has 3 aromatic rings. The van der Waals surface area contributed by atoms with E-state index >= 15 is 0 Å². The summed E-state index contributed by atoms with van der Waals surface area (Å²) in [6, 6.07) is 7.61. The summed E-state index contributed by atoms with van der Waals surface area (Å²) in [5.41, 5.74) is 4.60. The fourth-order valence-corrected chi connectivity index (χ4v) is 4.20. The third-order valence-corrected chi connectivity index (χ3v) is 5.90. The van der Waals surface area contributed by atoms with Gasteiger partial charge in [0, 0.05) is 49.8 Å². The van der Waals surface area contributed by atoms with E-state index in [0.717, 1.165) is 60.9 Å². The van der Waals surface area contributed by atoms with Crippen LogP contribution in [0.2, 0.25) is 0 Å². The Morgan fingerprint density at radius 1 is 1.12 bits per heavy atom. The van der Waals surface area contributed by atoms with Gasteiger partial charge in [-0.1, -0.05) is 6.07 Å². The van der Waals surface area contributed by atoms with E-state index in [4.69, 9.17) is 4.74 Å². The monoisotopic (exact) mass is 435 g/mol. The number of carbonyl (C=O) groups excluding carboxylic acids is 1. The van der Waals surface area contributed by atoms with Crippen molar-refractivity contribution in [3.8, 4) is 5.88 Å². The van der Waals surface area contributed by atoms with Crippen molar-refractivity contribution in [2.45, 2.75) is 13.1 Å². The number of nitrogens with one attached hydrogen (secondary N) is 2. The van der Waals surface area contributed by atoms with Gasteiger partial charge in [0.05, 0.1) is 31.5 Å². The van der Waals surface area contributed by atoms with E-state index in [1.807, 2.05) is 30.5 Å². The first kappa shape index (κ1) is 20.3.